The van der Waals surface area contributed by atoms with E-state index in [-0.39, 0.29) is 11.5 Å². The van der Waals surface area contributed by atoms with Crippen molar-refractivity contribution in [3.63, 3.8) is 0 Å². The molecule has 3 aromatic rings. The third kappa shape index (κ3) is 5.85. The van der Waals surface area contributed by atoms with E-state index in [0.29, 0.717) is 26.3 Å². The van der Waals surface area contributed by atoms with Gasteiger partial charge in [0.25, 0.3) is 0 Å². The highest BCUT2D eigenvalue weighted by Crippen LogP contribution is 2.43. The summed E-state index contributed by atoms with van der Waals surface area (Å²) in [6, 6.07) is 17.0. The van der Waals surface area contributed by atoms with Gasteiger partial charge in [-0.15, -0.1) is 0 Å². The first kappa shape index (κ1) is 24.8. The zero-order valence-corrected chi connectivity index (χ0v) is 21.0. The molecule has 0 radical (unpaired) electrons. The predicted octanol–water partition coefficient (Wildman–Crippen LogP) is 5.42. The van der Waals surface area contributed by atoms with E-state index in [1.54, 1.807) is 7.11 Å². The first-order valence-electron chi connectivity index (χ1n) is 12.1. The third-order valence-electron chi connectivity index (χ3n) is 6.50. The van der Waals surface area contributed by atoms with Crippen molar-refractivity contribution >= 4 is 6.09 Å². The molecule has 2 aromatic carbocycles. The summed E-state index contributed by atoms with van der Waals surface area (Å²) in [5.74, 6) is 0.822. The van der Waals surface area contributed by atoms with E-state index < -0.39 is 5.60 Å². The van der Waals surface area contributed by atoms with Crippen molar-refractivity contribution in [3.8, 4) is 16.9 Å². The topological polar surface area (TPSA) is 76.7 Å². The number of carbonyl (C=O) groups is 1. The lowest BCUT2D eigenvalue weighted by Crippen LogP contribution is -2.47. The predicted molar refractivity (Wildman–Crippen MR) is 136 cm³/mol. The van der Waals surface area contributed by atoms with Crippen LogP contribution in [0.25, 0.3) is 11.1 Å². The lowest BCUT2D eigenvalue weighted by atomic mass is 9.68. The van der Waals surface area contributed by atoms with Crippen LogP contribution in [0.3, 0.4) is 0 Å². The molecule has 1 saturated heterocycles. The maximum atomic E-state index is 12.7. The van der Waals surface area contributed by atoms with Crippen LogP contribution in [0.15, 0.2) is 60.9 Å². The lowest BCUT2D eigenvalue weighted by Gasteiger charge is -2.43. The number of methoxy groups -OCH3 is 1. The molecule has 0 aliphatic carbocycles. The number of H-pyrrole nitrogens is 1. The summed E-state index contributed by atoms with van der Waals surface area (Å²) >= 11 is 0. The van der Waals surface area contributed by atoms with E-state index in [4.69, 9.17) is 14.2 Å². The van der Waals surface area contributed by atoms with Gasteiger partial charge in [-0.1, -0.05) is 36.4 Å². The second-order valence-electron chi connectivity index (χ2n) is 9.98. The summed E-state index contributed by atoms with van der Waals surface area (Å²) in [4.78, 5) is 14.5. The molecule has 1 fully saturated rings. The average Bonchev–Trinajstić information content (AvgIpc) is 3.39. The van der Waals surface area contributed by atoms with Crippen LogP contribution < -0.4 is 4.74 Å². The summed E-state index contributed by atoms with van der Waals surface area (Å²) in [6.45, 7) is 8.02. The van der Waals surface area contributed by atoms with Gasteiger partial charge in [-0.3, -0.25) is 5.10 Å². The molecule has 2 heterocycles. The van der Waals surface area contributed by atoms with Gasteiger partial charge in [0, 0.05) is 37.4 Å². The number of aromatic nitrogens is 2. The van der Waals surface area contributed by atoms with Crippen LogP contribution in [-0.2, 0) is 14.9 Å². The van der Waals surface area contributed by atoms with Crippen LogP contribution in [-0.4, -0.2) is 60.2 Å². The number of benzene rings is 2. The Bertz CT molecular complexity index is 1080. The molecule has 7 heteroatoms. The Morgan fingerprint density at radius 2 is 1.60 bits per heavy atom. The van der Waals surface area contributed by atoms with E-state index in [9.17, 15) is 4.79 Å². The van der Waals surface area contributed by atoms with E-state index in [0.717, 1.165) is 29.7 Å². The van der Waals surface area contributed by atoms with Gasteiger partial charge in [-0.05, 0) is 62.4 Å². The number of amides is 1. The Labute approximate surface area is 207 Å². The van der Waals surface area contributed by atoms with Crippen LogP contribution in [0, 0.1) is 0 Å². The number of piperidine rings is 1. The number of carbonyl (C=O) groups excluding carboxylic acids is 1. The van der Waals surface area contributed by atoms with Crippen molar-refractivity contribution in [3.05, 3.63) is 72.1 Å². The second-order valence-corrected chi connectivity index (χ2v) is 9.98. The first-order valence-corrected chi connectivity index (χ1v) is 12.1. The van der Waals surface area contributed by atoms with Crippen molar-refractivity contribution in [2.45, 2.75) is 44.6 Å². The van der Waals surface area contributed by atoms with Crippen LogP contribution in [0.4, 0.5) is 4.79 Å². The number of likely N-dealkylation sites (tertiary alicyclic amines) is 1. The van der Waals surface area contributed by atoms with Crippen LogP contribution in [0.2, 0.25) is 0 Å². The molecule has 0 bridgehead atoms. The standard InChI is InChI=1S/C28H35N3O4/c1-27(2,3)35-26(32)31-15-13-28(14-16-31,24-9-11-25(12-10-24)34-18-17-33-4)23-7-5-21(6-8-23)22-19-29-30-20-22/h5-12,19-20H,13-18H2,1-4H3,(H,29,30). The largest absolute Gasteiger partial charge is 0.491 e. The number of nitrogens with zero attached hydrogens (tertiary/aromatic N) is 2. The third-order valence-corrected chi connectivity index (χ3v) is 6.50. The van der Waals surface area contributed by atoms with Gasteiger partial charge in [0.2, 0.25) is 0 Å². The maximum absolute atomic E-state index is 12.7. The van der Waals surface area contributed by atoms with Crippen molar-refractivity contribution in [1.82, 2.24) is 15.1 Å². The van der Waals surface area contributed by atoms with Crippen molar-refractivity contribution in [2.75, 3.05) is 33.4 Å². The molecule has 0 saturated carbocycles. The van der Waals surface area contributed by atoms with Crippen molar-refractivity contribution < 1.29 is 19.0 Å². The molecule has 35 heavy (non-hydrogen) atoms. The smallest absolute Gasteiger partial charge is 0.410 e. The van der Waals surface area contributed by atoms with E-state index >= 15 is 0 Å². The molecule has 186 valence electrons. The summed E-state index contributed by atoms with van der Waals surface area (Å²) in [5.41, 5.74) is 3.91. The molecule has 1 aliphatic heterocycles. The van der Waals surface area contributed by atoms with Crippen LogP contribution >= 0.6 is 0 Å². The van der Waals surface area contributed by atoms with Crippen molar-refractivity contribution in [1.29, 1.82) is 0 Å². The van der Waals surface area contributed by atoms with Gasteiger partial charge in [-0.25, -0.2) is 4.79 Å². The zero-order chi connectivity index (χ0) is 24.9. The molecule has 0 atom stereocenters. The Kier molecular flexibility index (Phi) is 7.45. The molecular formula is C28H35N3O4. The first-order chi connectivity index (χ1) is 16.8. The number of hydrogen-bond donors (Lipinski definition) is 1. The maximum Gasteiger partial charge on any atom is 0.410 e. The Hall–Kier alpha value is -3.32. The van der Waals surface area contributed by atoms with Gasteiger partial charge >= 0.3 is 6.09 Å². The summed E-state index contributed by atoms with van der Waals surface area (Å²) in [7, 11) is 1.66. The molecule has 0 spiro atoms. The summed E-state index contributed by atoms with van der Waals surface area (Å²) in [5, 5.41) is 6.94. The average molecular weight is 478 g/mol. The second kappa shape index (κ2) is 10.5. The molecule has 1 amide bonds. The summed E-state index contributed by atoms with van der Waals surface area (Å²) in [6.07, 6.45) is 5.09. The number of rotatable bonds is 7. The molecule has 1 N–H and O–H groups in total. The highest BCUT2D eigenvalue weighted by Gasteiger charge is 2.40. The highest BCUT2D eigenvalue weighted by atomic mass is 16.6. The fourth-order valence-corrected chi connectivity index (χ4v) is 4.65. The number of ether oxygens (including phenoxy) is 3. The Balaban J connectivity index is 1.60. The van der Waals surface area contributed by atoms with Gasteiger partial charge in [0.05, 0.1) is 12.8 Å². The van der Waals surface area contributed by atoms with Gasteiger partial charge in [0.15, 0.2) is 0 Å². The lowest BCUT2D eigenvalue weighted by molar-refractivity contribution is 0.0180. The Morgan fingerprint density at radius 3 is 2.14 bits per heavy atom. The summed E-state index contributed by atoms with van der Waals surface area (Å²) < 4.78 is 16.5. The van der Waals surface area contributed by atoms with E-state index in [1.165, 1.54) is 11.1 Å². The number of aromatic amines is 1. The van der Waals surface area contributed by atoms with Gasteiger partial charge in [-0.2, -0.15) is 5.10 Å². The van der Waals surface area contributed by atoms with Gasteiger partial charge in [0.1, 0.15) is 18.0 Å². The molecule has 7 nitrogen and oxygen atoms in total. The van der Waals surface area contributed by atoms with E-state index in [1.807, 2.05) is 50.2 Å². The molecule has 1 aliphatic rings. The van der Waals surface area contributed by atoms with Crippen molar-refractivity contribution in [2.24, 2.45) is 0 Å². The minimum Gasteiger partial charge on any atom is -0.491 e. The zero-order valence-electron chi connectivity index (χ0n) is 21.0. The minimum atomic E-state index is -0.507. The fraction of sp³-hybridized carbons (Fsp3) is 0.429. The highest BCUT2D eigenvalue weighted by molar-refractivity contribution is 5.68. The number of hydrogen-bond acceptors (Lipinski definition) is 5. The molecular weight excluding hydrogens is 442 g/mol. The van der Waals surface area contributed by atoms with Crippen LogP contribution in [0.1, 0.15) is 44.7 Å². The molecule has 1 aromatic heterocycles. The van der Waals surface area contributed by atoms with E-state index in [2.05, 4.69) is 46.6 Å². The fourth-order valence-electron chi connectivity index (χ4n) is 4.65. The quantitative estimate of drug-likeness (QED) is 0.460. The monoisotopic (exact) mass is 477 g/mol. The normalized spacial score (nSPS) is 15.6. The molecule has 0 unspecified atom stereocenters. The van der Waals surface area contributed by atoms with Crippen LogP contribution in [0.5, 0.6) is 5.75 Å². The molecule has 4 rings (SSSR count). The Morgan fingerprint density at radius 1 is 0.971 bits per heavy atom. The SMILES string of the molecule is COCCOc1ccc(C2(c3ccc(-c4cn[nH]c4)cc3)CCN(C(=O)OC(C)(C)C)CC2)cc1. The minimum absolute atomic E-state index is 0.210. The van der Waals surface area contributed by atoms with Gasteiger partial charge < -0.3 is 19.1 Å². The number of nitrogens with one attached hydrogen (secondary N) is 1.